The first-order chi connectivity index (χ1) is 8.22. The lowest BCUT2D eigenvalue weighted by atomic mass is 9.93. The number of halogens is 1. The minimum Gasteiger partial charge on any atom is -0.497 e. The predicted octanol–water partition coefficient (Wildman–Crippen LogP) is 4.61. The topological polar surface area (TPSA) is 9.23 Å². The maximum absolute atomic E-state index is 5.28. The van der Waals surface area contributed by atoms with Gasteiger partial charge in [0.05, 0.1) is 7.11 Å². The molecule has 2 heteroatoms. The molecule has 0 aromatic heterocycles. The summed E-state index contributed by atoms with van der Waals surface area (Å²) < 4.78 is 6.40. The van der Waals surface area contributed by atoms with E-state index in [4.69, 9.17) is 4.74 Å². The summed E-state index contributed by atoms with van der Waals surface area (Å²) in [5.74, 6) is 1.24. The summed E-state index contributed by atoms with van der Waals surface area (Å²) in [6.07, 6.45) is 0. The van der Waals surface area contributed by atoms with Crippen LogP contribution in [0, 0.1) is 0 Å². The van der Waals surface area contributed by atoms with Gasteiger partial charge in [-0.3, -0.25) is 0 Å². The number of methoxy groups -OCH3 is 1. The second-order valence-electron chi connectivity index (χ2n) is 4.02. The minimum absolute atomic E-state index is 0.348. The lowest BCUT2D eigenvalue weighted by Crippen LogP contribution is -1.97. The van der Waals surface area contributed by atoms with Gasteiger partial charge in [-0.1, -0.05) is 53.2 Å². The van der Waals surface area contributed by atoms with Gasteiger partial charge < -0.3 is 4.74 Å². The summed E-state index contributed by atoms with van der Waals surface area (Å²) in [4.78, 5) is 0. The average Bonchev–Trinajstić information content (AvgIpc) is 2.39. The maximum atomic E-state index is 5.28. The van der Waals surface area contributed by atoms with Crippen LogP contribution in [0.5, 0.6) is 5.75 Å². The first kappa shape index (κ1) is 12.2. The summed E-state index contributed by atoms with van der Waals surface area (Å²) in [6.45, 7) is 2.20. The molecule has 0 bridgehead atoms. The molecule has 88 valence electrons. The lowest BCUT2D eigenvalue weighted by Gasteiger charge is -2.15. The Balaban J connectivity index is 2.40. The van der Waals surface area contributed by atoms with Crippen LogP contribution >= 0.6 is 15.9 Å². The van der Waals surface area contributed by atoms with Gasteiger partial charge in [0.2, 0.25) is 0 Å². The van der Waals surface area contributed by atoms with Crippen LogP contribution in [0.2, 0.25) is 0 Å². The van der Waals surface area contributed by atoms with Gasteiger partial charge in [-0.05, 0) is 29.3 Å². The Morgan fingerprint density at radius 1 is 1.06 bits per heavy atom. The molecule has 0 radical (unpaired) electrons. The van der Waals surface area contributed by atoms with E-state index in [1.165, 1.54) is 11.1 Å². The largest absolute Gasteiger partial charge is 0.497 e. The van der Waals surface area contributed by atoms with E-state index in [1.807, 2.05) is 18.2 Å². The zero-order valence-corrected chi connectivity index (χ0v) is 11.6. The SMILES string of the molecule is COc1ccc(Br)c([C@@H](C)c2ccccc2)c1. The van der Waals surface area contributed by atoms with Crippen LogP contribution in [0.3, 0.4) is 0 Å². The molecule has 0 saturated heterocycles. The van der Waals surface area contributed by atoms with Crippen molar-refractivity contribution >= 4 is 15.9 Å². The molecule has 0 aliphatic rings. The normalized spacial score (nSPS) is 12.2. The molecule has 2 rings (SSSR count). The van der Waals surface area contributed by atoms with Crippen molar-refractivity contribution in [3.63, 3.8) is 0 Å². The first-order valence-electron chi connectivity index (χ1n) is 5.60. The van der Waals surface area contributed by atoms with Gasteiger partial charge in [0, 0.05) is 10.4 Å². The third-order valence-corrected chi connectivity index (χ3v) is 3.69. The van der Waals surface area contributed by atoms with Crippen LogP contribution < -0.4 is 4.74 Å². The van der Waals surface area contributed by atoms with Crippen molar-refractivity contribution in [1.82, 2.24) is 0 Å². The molecule has 0 heterocycles. The fourth-order valence-corrected chi connectivity index (χ4v) is 2.49. The zero-order valence-electron chi connectivity index (χ0n) is 9.98. The Bertz CT molecular complexity index is 494. The molecule has 1 nitrogen and oxygen atoms in total. The molecular weight excluding hydrogens is 276 g/mol. The van der Waals surface area contributed by atoms with Crippen molar-refractivity contribution in [2.45, 2.75) is 12.8 Å². The van der Waals surface area contributed by atoms with Crippen molar-refractivity contribution in [1.29, 1.82) is 0 Å². The highest BCUT2D eigenvalue weighted by atomic mass is 79.9. The molecule has 0 N–H and O–H groups in total. The second kappa shape index (κ2) is 5.37. The fraction of sp³-hybridized carbons (Fsp3) is 0.200. The predicted molar refractivity (Wildman–Crippen MR) is 74.7 cm³/mol. The Morgan fingerprint density at radius 3 is 2.41 bits per heavy atom. The smallest absolute Gasteiger partial charge is 0.119 e. The number of benzene rings is 2. The molecule has 0 aliphatic carbocycles. The van der Waals surface area contributed by atoms with Crippen LogP contribution in [-0.2, 0) is 0 Å². The highest BCUT2D eigenvalue weighted by Crippen LogP contribution is 2.32. The van der Waals surface area contributed by atoms with Crippen LogP contribution in [0.4, 0.5) is 0 Å². The molecular formula is C15H15BrO. The molecule has 0 spiro atoms. The van der Waals surface area contributed by atoms with E-state index in [9.17, 15) is 0 Å². The van der Waals surface area contributed by atoms with Crippen LogP contribution in [0.15, 0.2) is 53.0 Å². The van der Waals surface area contributed by atoms with Crippen LogP contribution in [-0.4, -0.2) is 7.11 Å². The monoisotopic (exact) mass is 290 g/mol. The van der Waals surface area contributed by atoms with E-state index in [0.29, 0.717) is 5.92 Å². The second-order valence-corrected chi connectivity index (χ2v) is 4.87. The third kappa shape index (κ3) is 2.70. The van der Waals surface area contributed by atoms with E-state index in [-0.39, 0.29) is 0 Å². The summed E-state index contributed by atoms with van der Waals surface area (Å²) in [7, 11) is 1.69. The number of ether oxygens (including phenoxy) is 1. The molecule has 1 atom stereocenters. The molecule has 0 unspecified atom stereocenters. The molecule has 2 aromatic carbocycles. The van der Waals surface area contributed by atoms with Crippen molar-refractivity contribution in [2.24, 2.45) is 0 Å². The first-order valence-corrected chi connectivity index (χ1v) is 6.40. The zero-order chi connectivity index (χ0) is 12.3. The van der Waals surface area contributed by atoms with Gasteiger partial charge in [0.1, 0.15) is 5.75 Å². The van der Waals surface area contributed by atoms with Gasteiger partial charge in [-0.25, -0.2) is 0 Å². The average molecular weight is 291 g/mol. The number of hydrogen-bond acceptors (Lipinski definition) is 1. The molecule has 0 fully saturated rings. The quantitative estimate of drug-likeness (QED) is 0.802. The highest BCUT2D eigenvalue weighted by Gasteiger charge is 2.12. The van der Waals surface area contributed by atoms with E-state index in [2.05, 4.69) is 53.2 Å². The number of rotatable bonds is 3. The maximum Gasteiger partial charge on any atom is 0.119 e. The standard InChI is InChI=1S/C15H15BrO/c1-11(12-6-4-3-5-7-12)14-10-13(17-2)8-9-15(14)16/h3-11H,1-2H3/t11-/m0/s1. The molecule has 2 aromatic rings. The molecule has 0 saturated carbocycles. The lowest BCUT2D eigenvalue weighted by molar-refractivity contribution is 0.414. The molecule has 0 aliphatic heterocycles. The van der Waals surface area contributed by atoms with Gasteiger partial charge >= 0.3 is 0 Å². The van der Waals surface area contributed by atoms with Crippen LogP contribution in [0.25, 0.3) is 0 Å². The van der Waals surface area contributed by atoms with E-state index >= 15 is 0 Å². The third-order valence-electron chi connectivity index (χ3n) is 2.97. The van der Waals surface area contributed by atoms with Gasteiger partial charge in [-0.15, -0.1) is 0 Å². The fourth-order valence-electron chi connectivity index (χ4n) is 1.90. The van der Waals surface area contributed by atoms with Gasteiger partial charge in [0.15, 0.2) is 0 Å². The van der Waals surface area contributed by atoms with E-state index < -0.39 is 0 Å². The Kier molecular flexibility index (Phi) is 3.85. The number of hydrogen-bond donors (Lipinski definition) is 0. The van der Waals surface area contributed by atoms with Crippen LogP contribution in [0.1, 0.15) is 24.0 Å². The van der Waals surface area contributed by atoms with Crippen molar-refractivity contribution in [2.75, 3.05) is 7.11 Å². The van der Waals surface area contributed by atoms with Crippen molar-refractivity contribution in [3.8, 4) is 5.75 Å². The summed E-state index contributed by atoms with van der Waals surface area (Å²) in [5, 5.41) is 0. The van der Waals surface area contributed by atoms with E-state index in [0.717, 1.165) is 10.2 Å². The minimum atomic E-state index is 0.348. The molecule has 17 heavy (non-hydrogen) atoms. The van der Waals surface area contributed by atoms with Crippen molar-refractivity contribution < 1.29 is 4.74 Å². The summed E-state index contributed by atoms with van der Waals surface area (Å²) in [6, 6.07) is 16.6. The van der Waals surface area contributed by atoms with E-state index in [1.54, 1.807) is 7.11 Å². The Labute approximate surface area is 111 Å². The van der Waals surface area contributed by atoms with Gasteiger partial charge in [0.25, 0.3) is 0 Å². The molecule has 0 amide bonds. The Morgan fingerprint density at radius 2 is 1.76 bits per heavy atom. The van der Waals surface area contributed by atoms with Gasteiger partial charge in [-0.2, -0.15) is 0 Å². The summed E-state index contributed by atoms with van der Waals surface area (Å²) in [5.41, 5.74) is 2.55. The van der Waals surface area contributed by atoms with Crippen molar-refractivity contribution in [3.05, 3.63) is 64.1 Å². The summed E-state index contributed by atoms with van der Waals surface area (Å²) >= 11 is 3.60. The highest BCUT2D eigenvalue weighted by molar-refractivity contribution is 9.10. The Hall–Kier alpha value is -1.28.